The van der Waals surface area contributed by atoms with Gasteiger partial charge in [-0.25, -0.2) is 4.98 Å². The van der Waals surface area contributed by atoms with Gasteiger partial charge in [0.25, 0.3) is 0 Å². The Bertz CT molecular complexity index is 625. The number of nitrogens with zero attached hydrogens (tertiary/aromatic N) is 3. The molecule has 1 aliphatic rings. The van der Waals surface area contributed by atoms with Crippen molar-refractivity contribution in [3.63, 3.8) is 0 Å². The van der Waals surface area contributed by atoms with Gasteiger partial charge in [0.15, 0.2) is 0 Å². The summed E-state index contributed by atoms with van der Waals surface area (Å²) in [6.45, 7) is 7.80. The smallest absolute Gasteiger partial charge is 0.222 e. The number of hydrogen-bond acceptors (Lipinski definition) is 5. The van der Waals surface area contributed by atoms with Crippen molar-refractivity contribution in [2.75, 3.05) is 30.7 Å². The van der Waals surface area contributed by atoms with Crippen molar-refractivity contribution >= 4 is 22.7 Å². The van der Waals surface area contributed by atoms with E-state index in [9.17, 15) is 0 Å². The van der Waals surface area contributed by atoms with Crippen molar-refractivity contribution in [3.05, 3.63) is 24.3 Å². The van der Waals surface area contributed by atoms with E-state index < -0.39 is 0 Å². The van der Waals surface area contributed by atoms with Crippen LogP contribution >= 0.6 is 0 Å². The van der Waals surface area contributed by atoms with Crippen LogP contribution in [-0.4, -0.2) is 40.5 Å². The lowest BCUT2D eigenvalue weighted by Gasteiger charge is -2.20. The number of anilines is 2. The van der Waals surface area contributed by atoms with Gasteiger partial charge in [-0.1, -0.05) is 12.1 Å². The van der Waals surface area contributed by atoms with Crippen LogP contribution in [0.1, 0.15) is 20.3 Å². The molecule has 0 aliphatic carbocycles. The van der Waals surface area contributed by atoms with Gasteiger partial charge in [0.2, 0.25) is 5.95 Å². The van der Waals surface area contributed by atoms with Gasteiger partial charge in [0.05, 0.1) is 5.52 Å². The number of aromatic nitrogens is 2. The zero-order valence-electron chi connectivity index (χ0n) is 12.7. The summed E-state index contributed by atoms with van der Waals surface area (Å²) >= 11 is 0. The number of fused-ring (bicyclic) bond motifs is 1. The maximum atomic E-state index is 5.80. The Morgan fingerprint density at radius 2 is 2.14 bits per heavy atom. The number of rotatable bonds is 4. The largest absolute Gasteiger partial charge is 0.369 e. The van der Waals surface area contributed by atoms with E-state index in [0.29, 0.717) is 17.9 Å². The first-order chi connectivity index (χ1) is 10.1. The van der Waals surface area contributed by atoms with E-state index in [4.69, 9.17) is 5.73 Å². The molecule has 2 aromatic rings. The Labute approximate surface area is 125 Å². The van der Waals surface area contributed by atoms with Gasteiger partial charge in [0.1, 0.15) is 5.82 Å². The Kier molecular flexibility index (Phi) is 3.92. The molecule has 1 aliphatic heterocycles. The number of benzene rings is 1. The minimum Gasteiger partial charge on any atom is -0.369 e. The number of para-hydroxylation sites is 1. The fraction of sp³-hybridized carbons (Fsp3) is 0.500. The average molecular weight is 285 g/mol. The summed E-state index contributed by atoms with van der Waals surface area (Å²) in [6.07, 6.45) is 1.24. The third-order valence-electron chi connectivity index (χ3n) is 4.23. The summed E-state index contributed by atoms with van der Waals surface area (Å²) in [5.41, 5.74) is 6.69. The zero-order chi connectivity index (χ0) is 14.8. The molecular formula is C16H23N5. The van der Waals surface area contributed by atoms with Gasteiger partial charge in [-0.3, -0.25) is 0 Å². The van der Waals surface area contributed by atoms with Gasteiger partial charge in [-0.15, -0.1) is 0 Å². The molecule has 3 N–H and O–H groups in total. The maximum absolute atomic E-state index is 5.80. The van der Waals surface area contributed by atoms with Crippen LogP contribution in [0.15, 0.2) is 24.3 Å². The normalized spacial score (nSPS) is 19.5. The highest BCUT2D eigenvalue weighted by Gasteiger charge is 2.24. The minimum atomic E-state index is 0.325. The van der Waals surface area contributed by atoms with Gasteiger partial charge >= 0.3 is 0 Å². The molecule has 0 radical (unpaired) electrons. The second-order valence-electron chi connectivity index (χ2n) is 6.07. The summed E-state index contributed by atoms with van der Waals surface area (Å²) in [5.74, 6) is 1.84. The lowest BCUT2D eigenvalue weighted by molar-refractivity contribution is 0.266. The molecular weight excluding hydrogens is 262 g/mol. The predicted octanol–water partition coefficient (Wildman–Crippen LogP) is 2.35. The van der Waals surface area contributed by atoms with Crippen molar-refractivity contribution in [2.24, 2.45) is 5.92 Å². The van der Waals surface area contributed by atoms with Gasteiger partial charge in [-0.05, 0) is 44.9 Å². The molecule has 0 bridgehead atoms. The summed E-state index contributed by atoms with van der Waals surface area (Å²) in [7, 11) is 0. The lowest BCUT2D eigenvalue weighted by Crippen LogP contribution is -2.29. The van der Waals surface area contributed by atoms with E-state index in [0.717, 1.165) is 29.8 Å². The number of nitrogens with one attached hydrogen (secondary N) is 1. The minimum absolute atomic E-state index is 0.325. The zero-order valence-corrected chi connectivity index (χ0v) is 12.7. The number of nitrogen functional groups attached to an aromatic ring is 1. The van der Waals surface area contributed by atoms with Crippen LogP contribution < -0.4 is 11.1 Å². The van der Waals surface area contributed by atoms with Crippen molar-refractivity contribution in [3.8, 4) is 0 Å². The molecule has 1 aromatic carbocycles. The van der Waals surface area contributed by atoms with E-state index in [2.05, 4.69) is 34.0 Å². The van der Waals surface area contributed by atoms with Gasteiger partial charge in [0, 0.05) is 24.5 Å². The van der Waals surface area contributed by atoms with Crippen LogP contribution in [0.4, 0.5) is 11.8 Å². The molecule has 2 heterocycles. The summed E-state index contributed by atoms with van der Waals surface area (Å²) < 4.78 is 0. The predicted molar refractivity (Wildman–Crippen MR) is 87.3 cm³/mol. The molecule has 5 heteroatoms. The molecule has 1 aromatic heterocycles. The molecule has 21 heavy (non-hydrogen) atoms. The Morgan fingerprint density at radius 1 is 1.33 bits per heavy atom. The molecule has 1 saturated heterocycles. The maximum Gasteiger partial charge on any atom is 0.222 e. The van der Waals surface area contributed by atoms with Crippen LogP contribution in [0.2, 0.25) is 0 Å². The molecule has 1 unspecified atom stereocenters. The van der Waals surface area contributed by atoms with Crippen LogP contribution in [0, 0.1) is 5.92 Å². The first-order valence-electron chi connectivity index (χ1n) is 7.63. The highest BCUT2D eigenvalue weighted by Crippen LogP contribution is 2.23. The SMILES string of the molecule is CC(C)N1CCC(CNc2nc(N)nc3ccccc23)C1. The van der Waals surface area contributed by atoms with Crippen molar-refractivity contribution in [2.45, 2.75) is 26.3 Å². The molecule has 0 amide bonds. The molecule has 0 spiro atoms. The molecule has 3 rings (SSSR count). The average Bonchev–Trinajstić information content (AvgIpc) is 2.93. The number of nitrogens with two attached hydrogens (primary N) is 1. The van der Waals surface area contributed by atoms with E-state index >= 15 is 0 Å². The van der Waals surface area contributed by atoms with Gasteiger partial charge in [-0.2, -0.15) is 4.98 Å². The van der Waals surface area contributed by atoms with E-state index in [1.54, 1.807) is 0 Å². The Hall–Kier alpha value is -1.88. The highest BCUT2D eigenvalue weighted by atomic mass is 15.2. The standard InChI is InChI=1S/C16H23N5/c1-11(2)21-8-7-12(10-21)9-18-15-13-5-3-4-6-14(13)19-16(17)20-15/h3-6,11-12H,7-10H2,1-2H3,(H3,17,18,19,20). The molecule has 112 valence electrons. The molecule has 1 fully saturated rings. The quantitative estimate of drug-likeness (QED) is 0.902. The fourth-order valence-electron chi connectivity index (χ4n) is 2.97. The fourth-order valence-corrected chi connectivity index (χ4v) is 2.97. The molecule has 1 atom stereocenters. The summed E-state index contributed by atoms with van der Waals surface area (Å²) in [5, 5.41) is 4.50. The van der Waals surface area contributed by atoms with Crippen LogP contribution in [-0.2, 0) is 0 Å². The van der Waals surface area contributed by atoms with Crippen LogP contribution in [0.3, 0.4) is 0 Å². The van der Waals surface area contributed by atoms with Crippen LogP contribution in [0.5, 0.6) is 0 Å². The van der Waals surface area contributed by atoms with Crippen molar-refractivity contribution < 1.29 is 0 Å². The second kappa shape index (κ2) is 5.85. The monoisotopic (exact) mass is 285 g/mol. The van der Waals surface area contributed by atoms with E-state index in [1.165, 1.54) is 13.0 Å². The Balaban J connectivity index is 1.71. The highest BCUT2D eigenvalue weighted by molar-refractivity contribution is 5.89. The van der Waals surface area contributed by atoms with Gasteiger partial charge < -0.3 is 16.0 Å². The molecule has 0 saturated carbocycles. The Morgan fingerprint density at radius 3 is 2.90 bits per heavy atom. The lowest BCUT2D eigenvalue weighted by atomic mass is 10.1. The topological polar surface area (TPSA) is 67.1 Å². The first kappa shape index (κ1) is 14.1. The number of likely N-dealkylation sites (tertiary alicyclic amines) is 1. The third kappa shape index (κ3) is 3.08. The van der Waals surface area contributed by atoms with E-state index in [1.807, 2.05) is 24.3 Å². The third-order valence-corrected chi connectivity index (χ3v) is 4.23. The molecule has 5 nitrogen and oxygen atoms in total. The second-order valence-corrected chi connectivity index (χ2v) is 6.07. The van der Waals surface area contributed by atoms with Crippen molar-refractivity contribution in [1.82, 2.24) is 14.9 Å². The number of hydrogen-bond donors (Lipinski definition) is 2. The first-order valence-corrected chi connectivity index (χ1v) is 7.63. The van der Waals surface area contributed by atoms with Crippen molar-refractivity contribution in [1.29, 1.82) is 0 Å². The summed E-state index contributed by atoms with van der Waals surface area (Å²) in [4.78, 5) is 11.2. The van der Waals surface area contributed by atoms with Crippen LogP contribution in [0.25, 0.3) is 10.9 Å². The summed E-state index contributed by atoms with van der Waals surface area (Å²) in [6, 6.07) is 8.60. The van der Waals surface area contributed by atoms with E-state index in [-0.39, 0.29) is 0 Å².